The third-order valence-corrected chi connectivity index (χ3v) is 5.97. The van der Waals surface area contributed by atoms with Crippen molar-refractivity contribution in [1.82, 2.24) is 15.5 Å². The maximum Gasteiger partial charge on any atom is 0.257 e. The molecule has 2 N–H and O–H groups in total. The van der Waals surface area contributed by atoms with E-state index in [4.69, 9.17) is 4.52 Å². The monoisotopic (exact) mass is 461 g/mol. The van der Waals surface area contributed by atoms with Crippen LogP contribution in [-0.2, 0) is 4.79 Å². The van der Waals surface area contributed by atoms with Gasteiger partial charge in [-0.25, -0.2) is 0 Å². The number of carbonyl (C=O) groups is 2. The van der Waals surface area contributed by atoms with Crippen LogP contribution in [0.25, 0.3) is 11.5 Å². The molecule has 34 heavy (non-hydrogen) atoms. The molecule has 1 unspecified atom stereocenters. The summed E-state index contributed by atoms with van der Waals surface area (Å²) in [5.41, 5.74) is 3.05. The highest BCUT2D eigenvalue weighted by Gasteiger charge is 2.22. The van der Waals surface area contributed by atoms with Gasteiger partial charge in [-0.1, -0.05) is 31.0 Å². The van der Waals surface area contributed by atoms with Crippen molar-refractivity contribution in [1.29, 1.82) is 0 Å². The first kappa shape index (κ1) is 23.5. The number of hydrogen-bond acceptors (Lipinski definition) is 6. The van der Waals surface area contributed by atoms with Gasteiger partial charge in [0.2, 0.25) is 5.91 Å². The van der Waals surface area contributed by atoms with Gasteiger partial charge in [-0.3, -0.25) is 9.59 Å². The van der Waals surface area contributed by atoms with Crippen molar-refractivity contribution in [3.05, 3.63) is 59.9 Å². The summed E-state index contributed by atoms with van der Waals surface area (Å²) in [6.45, 7) is 5.89. The van der Waals surface area contributed by atoms with Gasteiger partial charge in [0.25, 0.3) is 11.8 Å². The van der Waals surface area contributed by atoms with Crippen molar-refractivity contribution in [2.45, 2.75) is 52.0 Å². The van der Waals surface area contributed by atoms with E-state index in [-0.39, 0.29) is 11.8 Å². The van der Waals surface area contributed by atoms with E-state index >= 15 is 0 Å². The first-order valence-corrected chi connectivity index (χ1v) is 11.9. The van der Waals surface area contributed by atoms with E-state index in [9.17, 15) is 9.59 Å². The smallest absolute Gasteiger partial charge is 0.257 e. The maximum atomic E-state index is 13.1. The molecule has 178 valence electrons. The van der Waals surface area contributed by atoms with Gasteiger partial charge in [0, 0.05) is 35.6 Å². The zero-order valence-corrected chi connectivity index (χ0v) is 19.7. The summed E-state index contributed by atoms with van der Waals surface area (Å²) >= 11 is 0. The molecule has 2 aromatic carbocycles. The number of nitrogens with one attached hydrogen (secondary N) is 2. The largest absolute Gasteiger partial charge is 0.371 e. The van der Waals surface area contributed by atoms with Crippen LogP contribution in [0.2, 0.25) is 0 Å². The molecule has 1 atom stereocenters. The lowest BCUT2D eigenvalue weighted by Gasteiger charge is -2.21. The van der Waals surface area contributed by atoms with Crippen molar-refractivity contribution >= 4 is 23.2 Å². The Morgan fingerprint density at radius 2 is 1.88 bits per heavy atom. The van der Waals surface area contributed by atoms with Crippen molar-refractivity contribution in [2.75, 3.05) is 23.3 Å². The number of rotatable bonds is 9. The second-order valence-corrected chi connectivity index (χ2v) is 8.63. The third kappa shape index (κ3) is 5.81. The number of benzene rings is 2. The predicted molar refractivity (Wildman–Crippen MR) is 132 cm³/mol. The summed E-state index contributed by atoms with van der Waals surface area (Å²) in [6, 6.07) is 14.2. The van der Waals surface area contributed by atoms with Gasteiger partial charge in [-0.2, -0.15) is 4.98 Å². The average molecular weight is 462 g/mol. The molecular weight excluding hydrogens is 430 g/mol. The standard InChI is InChI=1S/C26H31N5O3/c1-3-4-10-23(25(33)28-21-8-7-9-22(17-21)31-15-5-6-16-31)29-24(32)19-11-13-20(14-12-19)26-27-18(2)30-34-26/h7-9,11-14,17,23H,3-6,10,15-16H2,1-2H3,(H,28,33)(H,29,32). The molecule has 0 bridgehead atoms. The Bertz CT molecular complexity index is 1120. The minimum Gasteiger partial charge on any atom is -0.371 e. The fourth-order valence-corrected chi connectivity index (χ4v) is 4.08. The van der Waals surface area contributed by atoms with Crippen molar-refractivity contribution in [3.63, 3.8) is 0 Å². The molecule has 1 saturated heterocycles. The second kappa shape index (κ2) is 11.0. The SMILES string of the molecule is CCCCC(NC(=O)c1ccc(-c2nc(C)no2)cc1)C(=O)Nc1cccc(N2CCCC2)c1. The number of aromatic nitrogens is 2. The van der Waals surface area contributed by atoms with E-state index in [1.165, 1.54) is 12.8 Å². The first-order chi connectivity index (χ1) is 16.5. The molecule has 2 amide bonds. The lowest BCUT2D eigenvalue weighted by Crippen LogP contribution is -2.43. The van der Waals surface area contributed by atoms with Crippen molar-refractivity contribution < 1.29 is 14.1 Å². The number of anilines is 2. The molecule has 1 fully saturated rings. The molecule has 4 rings (SSSR count). The van der Waals surface area contributed by atoms with Gasteiger partial charge in [-0.05, 0) is 68.7 Å². The van der Waals surface area contributed by atoms with Crippen LogP contribution in [0, 0.1) is 6.92 Å². The first-order valence-electron chi connectivity index (χ1n) is 11.9. The molecule has 2 heterocycles. The van der Waals surface area contributed by atoms with Gasteiger partial charge in [0.05, 0.1) is 0 Å². The lowest BCUT2D eigenvalue weighted by molar-refractivity contribution is -0.118. The fraction of sp³-hybridized carbons (Fsp3) is 0.385. The zero-order chi connectivity index (χ0) is 23.9. The van der Waals surface area contributed by atoms with Crippen LogP contribution in [0.5, 0.6) is 0 Å². The molecule has 0 aliphatic carbocycles. The van der Waals surface area contributed by atoms with Crippen LogP contribution in [0.4, 0.5) is 11.4 Å². The molecule has 1 aliphatic rings. The summed E-state index contributed by atoms with van der Waals surface area (Å²) in [4.78, 5) is 32.5. The number of nitrogens with zero attached hydrogens (tertiary/aromatic N) is 3. The van der Waals surface area contributed by atoms with Crippen LogP contribution < -0.4 is 15.5 Å². The summed E-state index contributed by atoms with van der Waals surface area (Å²) in [5, 5.41) is 9.69. The molecule has 8 heteroatoms. The van der Waals surface area contributed by atoms with E-state index in [0.29, 0.717) is 23.7 Å². The summed E-state index contributed by atoms with van der Waals surface area (Å²) in [7, 11) is 0. The van der Waals surface area contributed by atoms with E-state index < -0.39 is 6.04 Å². The second-order valence-electron chi connectivity index (χ2n) is 8.63. The molecule has 0 spiro atoms. The number of hydrogen-bond donors (Lipinski definition) is 2. The van der Waals surface area contributed by atoms with Crippen LogP contribution in [0.1, 0.15) is 55.2 Å². The summed E-state index contributed by atoms with van der Waals surface area (Å²) in [5.74, 6) is 0.446. The predicted octanol–water partition coefficient (Wildman–Crippen LogP) is 4.57. The van der Waals surface area contributed by atoms with E-state index in [0.717, 1.165) is 42.9 Å². The van der Waals surface area contributed by atoms with E-state index in [1.807, 2.05) is 18.2 Å². The minimum absolute atomic E-state index is 0.210. The van der Waals surface area contributed by atoms with Gasteiger partial charge in [-0.15, -0.1) is 0 Å². The Balaban J connectivity index is 1.42. The highest BCUT2D eigenvalue weighted by Crippen LogP contribution is 2.24. The number of unbranched alkanes of at least 4 members (excludes halogenated alkanes) is 1. The lowest BCUT2D eigenvalue weighted by atomic mass is 10.1. The van der Waals surface area contributed by atoms with Crippen molar-refractivity contribution in [2.24, 2.45) is 0 Å². The highest BCUT2D eigenvalue weighted by molar-refractivity contribution is 6.01. The number of aryl methyl sites for hydroxylation is 1. The molecule has 1 aromatic heterocycles. The Labute approximate surface area is 199 Å². The number of amides is 2. The Hall–Kier alpha value is -3.68. The van der Waals surface area contributed by atoms with E-state index in [2.05, 4.69) is 38.7 Å². The molecule has 0 radical (unpaired) electrons. The van der Waals surface area contributed by atoms with Gasteiger partial charge < -0.3 is 20.1 Å². The van der Waals surface area contributed by atoms with Crippen LogP contribution in [0.3, 0.4) is 0 Å². The van der Waals surface area contributed by atoms with E-state index in [1.54, 1.807) is 31.2 Å². The number of carbonyl (C=O) groups excluding carboxylic acids is 2. The van der Waals surface area contributed by atoms with Crippen LogP contribution >= 0.6 is 0 Å². The minimum atomic E-state index is -0.624. The highest BCUT2D eigenvalue weighted by atomic mass is 16.5. The Morgan fingerprint density at radius 3 is 2.56 bits per heavy atom. The topological polar surface area (TPSA) is 100 Å². The normalized spacial score (nSPS) is 14.1. The fourth-order valence-electron chi connectivity index (χ4n) is 4.08. The Kier molecular flexibility index (Phi) is 7.57. The van der Waals surface area contributed by atoms with Crippen molar-refractivity contribution in [3.8, 4) is 11.5 Å². The molecule has 3 aromatic rings. The van der Waals surface area contributed by atoms with Gasteiger partial charge in [0.1, 0.15) is 6.04 Å². The van der Waals surface area contributed by atoms with Crippen LogP contribution in [0.15, 0.2) is 53.1 Å². The summed E-state index contributed by atoms with van der Waals surface area (Å²) in [6.07, 6.45) is 4.72. The maximum absolute atomic E-state index is 13.1. The Morgan fingerprint density at radius 1 is 1.12 bits per heavy atom. The third-order valence-electron chi connectivity index (χ3n) is 5.97. The molecule has 1 aliphatic heterocycles. The average Bonchev–Trinajstić information content (AvgIpc) is 3.54. The van der Waals surface area contributed by atoms with Gasteiger partial charge >= 0.3 is 0 Å². The van der Waals surface area contributed by atoms with Crippen LogP contribution in [-0.4, -0.2) is 41.1 Å². The molecular formula is C26H31N5O3. The molecule has 0 saturated carbocycles. The van der Waals surface area contributed by atoms with Gasteiger partial charge in [0.15, 0.2) is 5.82 Å². The summed E-state index contributed by atoms with van der Waals surface area (Å²) < 4.78 is 5.17. The quantitative estimate of drug-likeness (QED) is 0.484. The zero-order valence-electron chi connectivity index (χ0n) is 19.7. The molecule has 8 nitrogen and oxygen atoms in total.